The summed E-state index contributed by atoms with van der Waals surface area (Å²) in [5, 5.41) is 3.87. The van der Waals surface area contributed by atoms with Crippen LogP contribution in [0.25, 0.3) is 10.9 Å². The molecular weight excluding hydrogens is 318 g/mol. The molecule has 0 spiro atoms. The number of para-hydroxylation sites is 1. The molecule has 4 rings (SSSR count). The molecule has 0 unspecified atom stereocenters. The first-order chi connectivity index (χ1) is 12.2. The van der Waals surface area contributed by atoms with Crippen LogP contribution < -0.4 is 10.9 Å². The summed E-state index contributed by atoms with van der Waals surface area (Å²) in [6.07, 6.45) is 1.93. The second kappa shape index (κ2) is 6.98. The summed E-state index contributed by atoms with van der Waals surface area (Å²) in [7, 11) is 0. The van der Waals surface area contributed by atoms with Gasteiger partial charge in [-0.15, -0.1) is 0 Å². The fraction of sp³-hybridized carbons (Fsp3) is 0.474. The molecule has 1 fully saturated rings. The van der Waals surface area contributed by atoms with E-state index in [2.05, 4.69) is 16.3 Å². The maximum Gasteiger partial charge on any atom is 0.263 e. The van der Waals surface area contributed by atoms with Gasteiger partial charge in [-0.1, -0.05) is 18.2 Å². The van der Waals surface area contributed by atoms with E-state index in [0.717, 1.165) is 56.6 Å². The molecule has 3 heterocycles. The van der Waals surface area contributed by atoms with Gasteiger partial charge in [0.25, 0.3) is 11.5 Å². The van der Waals surface area contributed by atoms with Gasteiger partial charge in [-0.05, 0) is 29.9 Å². The average Bonchev–Trinajstić information content (AvgIpc) is 2.65. The molecule has 1 N–H and O–H groups in total. The van der Waals surface area contributed by atoms with Crippen LogP contribution in [-0.2, 0) is 17.7 Å². The Bertz CT molecular complexity index is 853. The minimum absolute atomic E-state index is 0.177. The van der Waals surface area contributed by atoms with Gasteiger partial charge in [0.05, 0.1) is 18.7 Å². The van der Waals surface area contributed by atoms with Crippen LogP contribution >= 0.6 is 0 Å². The smallest absolute Gasteiger partial charge is 0.263 e. The lowest BCUT2D eigenvalue weighted by molar-refractivity contribution is 0.0383. The first-order valence-corrected chi connectivity index (χ1v) is 8.98. The fourth-order valence-corrected chi connectivity index (χ4v) is 3.77. The molecule has 2 aliphatic rings. The average molecular weight is 341 g/mol. The molecule has 2 aliphatic heterocycles. The Morgan fingerprint density at radius 2 is 2.04 bits per heavy atom. The molecule has 1 aromatic carbocycles. The number of hydrogen-bond donors (Lipinski definition) is 1. The zero-order chi connectivity index (χ0) is 17.2. The Labute approximate surface area is 146 Å². The molecule has 1 aromatic heterocycles. The molecule has 25 heavy (non-hydrogen) atoms. The summed E-state index contributed by atoms with van der Waals surface area (Å²) in [5.74, 6) is -0.278. The highest BCUT2D eigenvalue weighted by Gasteiger charge is 2.19. The van der Waals surface area contributed by atoms with Crippen LogP contribution in [0.5, 0.6) is 0 Å². The van der Waals surface area contributed by atoms with E-state index in [1.54, 1.807) is 10.6 Å². The maximum absolute atomic E-state index is 12.8. The van der Waals surface area contributed by atoms with Gasteiger partial charge in [-0.2, -0.15) is 0 Å². The van der Waals surface area contributed by atoms with Crippen LogP contribution in [0.3, 0.4) is 0 Å². The molecule has 2 aromatic rings. The van der Waals surface area contributed by atoms with Crippen LogP contribution in [-0.4, -0.2) is 54.8 Å². The maximum atomic E-state index is 12.8. The molecule has 0 radical (unpaired) electrons. The number of aryl methyl sites for hydroxylation is 2. The van der Waals surface area contributed by atoms with Crippen LogP contribution in [0, 0.1) is 0 Å². The van der Waals surface area contributed by atoms with Gasteiger partial charge in [0.2, 0.25) is 0 Å². The third-order valence-corrected chi connectivity index (χ3v) is 5.09. The number of nitrogens with zero attached hydrogens (tertiary/aromatic N) is 2. The number of rotatable bonds is 4. The first kappa shape index (κ1) is 16.3. The van der Waals surface area contributed by atoms with Crippen molar-refractivity contribution in [1.29, 1.82) is 0 Å². The number of amides is 1. The molecule has 0 saturated carbocycles. The third kappa shape index (κ3) is 3.19. The molecular formula is C19H23N3O3. The normalized spacial score (nSPS) is 17.6. The monoisotopic (exact) mass is 341 g/mol. The number of nitrogens with one attached hydrogen (secondary N) is 1. The van der Waals surface area contributed by atoms with E-state index in [-0.39, 0.29) is 17.0 Å². The highest BCUT2D eigenvalue weighted by Crippen LogP contribution is 2.23. The minimum atomic E-state index is -0.278. The molecule has 0 atom stereocenters. The van der Waals surface area contributed by atoms with Crippen molar-refractivity contribution >= 4 is 16.8 Å². The van der Waals surface area contributed by atoms with Gasteiger partial charge in [0, 0.05) is 32.7 Å². The molecule has 132 valence electrons. The summed E-state index contributed by atoms with van der Waals surface area (Å²) in [4.78, 5) is 27.6. The topological polar surface area (TPSA) is 63.6 Å². The number of carbonyl (C=O) groups is 1. The third-order valence-electron chi connectivity index (χ3n) is 5.09. The SMILES string of the molecule is O=C(NCCN1CCOCC1)c1cc2cccc3c2n(c1=O)CCC3. The minimum Gasteiger partial charge on any atom is -0.379 e. The van der Waals surface area contributed by atoms with Crippen LogP contribution in [0.1, 0.15) is 22.3 Å². The Morgan fingerprint density at radius 3 is 2.88 bits per heavy atom. The largest absolute Gasteiger partial charge is 0.379 e. The molecule has 1 amide bonds. The van der Waals surface area contributed by atoms with Crippen LogP contribution in [0.15, 0.2) is 29.1 Å². The highest BCUT2D eigenvalue weighted by atomic mass is 16.5. The highest BCUT2D eigenvalue weighted by molar-refractivity contribution is 5.98. The van der Waals surface area contributed by atoms with Crippen molar-refractivity contribution in [1.82, 2.24) is 14.8 Å². The van der Waals surface area contributed by atoms with E-state index in [0.29, 0.717) is 13.1 Å². The van der Waals surface area contributed by atoms with Crippen molar-refractivity contribution in [2.24, 2.45) is 0 Å². The van der Waals surface area contributed by atoms with Gasteiger partial charge in [-0.3, -0.25) is 14.5 Å². The van der Waals surface area contributed by atoms with Crippen LogP contribution in [0.2, 0.25) is 0 Å². The molecule has 0 aliphatic carbocycles. The number of hydrogen-bond acceptors (Lipinski definition) is 4. The lowest BCUT2D eigenvalue weighted by Crippen LogP contribution is -2.42. The van der Waals surface area contributed by atoms with E-state index in [9.17, 15) is 9.59 Å². The molecule has 6 heteroatoms. The Balaban J connectivity index is 1.54. The standard InChI is InChI=1S/C19H23N3O3/c23-18(20-6-8-21-9-11-25-12-10-21)16-13-15-4-1-3-14-5-2-7-22(17(14)15)19(16)24/h1,3-4,13H,2,5-12H2,(H,20,23). The Kier molecular flexibility index (Phi) is 4.55. The molecule has 0 bridgehead atoms. The van der Waals surface area contributed by atoms with Crippen molar-refractivity contribution in [3.05, 3.63) is 45.7 Å². The van der Waals surface area contributed by atoms with Gasteiger partial charge in [0.1, 0.15) is 5.56 Å². The summed E-state index contributed by atoms with van der Waals surface area (Å²) >= 11 is 0. The molecule has 6 nitrogen and oxygen atoms in total. The second-order valence-electron chi connectivity index (χ2n) is 6.68. The van der Waals surface area contributed by atoms with Crippen molar-refractivity contribution in [2.45, 2.75) is 19.4 Å². The number of pyridine rings is 1. The first-order valence-electron chi connectivity index (χ1n) is 8.98. The van der Waals surface area contributed by atoms with Gasteiger partial charge in [0.15, 0.2) is 0 Å². The fourth-order valence-electron chi connectivity index (χ4n) is 3.77. The molecule has 1 saturated heterocycles. The predicted molar refractivity (Wildman–Crippen MR) is 96.1 cm³/mol. The quantitative estimate of drug-likeness (QED) is 0.902. The lowest BCUT2D eigenvalue weighted by Gasteiger charge is -2.26. The van der Waals surface area contributed by atoms with E-state index in [1.807, 2.05) is 12.1 Å². The number of aromatic nitrogens is 1. The van der Waals surface area contributed by atoms with Crippen molar-refractivity contribution in [2.75, 3.05) is 39.4 Å². The zero-order valence-corrected chi connectivity index (χ0v) is 14.3. The van der Waals surface area contributed by atoms with Crippen molar-refractivity contribution < 1.29 is 9.53 Å². The number of carbonyl (C=O) groups excluding carboxylic acids is 1. The summed E-state index contributed by atoms with van der Waals surface area (Å²) in [6, 6.07) is 7.79. The summed E-state index contributed by atoms with van der Waals surface area (Å²) < 4.78 is 7.09. The van der Waals surface area contributed by atoms with Crippen LogP contribution in [0.4, 0.5) is 0 Å². The van der Waals surface area contributed by atoms with E-state index >= 15 is 0 Å². The van der Waals surface area contributed by atoms with Crippen molar-refractivity contribution in [3.8, 4) is 0 Å². The Hall–Kier alpha value is -2.18. The second-order valence-corrected chi connectivity index (χ2v) is 6.68. The van der Waals surface area contributed by atoms with Crippen molar-refractivity contribution in [3.63, 3.8) is 0 Å². The van der Waals surface area contributed by atoms with E-state index < -0.39 is 0 Å². The predicted octanol–water partition coefficient (Wildman–Crippen LogP) is 1.01. The zero-order valence-electron chi connectivity index (χ0n) is 14.3. The van der Waals surface area contributed by atoms with Gasteiger partial charge < -0.3 is 14.6 Å². The van der Waals surface area contributed by atoms with Gasteiger partial charge >= 0.3 is 0 Å². The summed E-state index contributed by atoms with van der Waals surface area (Å²) in [6.45, 7) is 5.26. The van der Waals surface area contributed by atoms with E-state index in [4.69, 9.17) is 4.74 Å². The van der Waals surface area contributed by atoms with Gasteiger partial charge in [-0.25, -0.2) is 0 Å². The summed E-state index contributed by atoms with van der Waals surface area (Å²) in [5.41, 5.74) is 2.25. The Morgan fingerprint density at radius 1 is 1.20 bits per heavy atom. The number of morpholine rings is 1. The lowest BCUT2D eigenvalue weighted by atomic mass is 10.00. The van der Waals surface area contributed by atoms with E-state index in [1.165, 1.54) is 5.56 Å². The number of benzene rings is 1. The number of ether oxygens (including phenoxy) is 1.